The standard InChI is InChI=1S/C17H17BrN4O/c1-11-7-16(17(23)20-14-9-19-21(3)10-14)12(2)22(11)15-6-4-5-13(18)8-15/h4-10H,1-3H3,(H,20,23). The van der Waals surface area contributed by atoms with Crippen molar-refractivity contribution in [2.75, 3.05) is 5.32 Å². The lowest BCUT2D eigenvalue weighted by molar-refractivity contribution is 0.102. The van der Waals surface area contributed by atoms with E-state index in [1.807, 2.05) is 51.2 Å². The predicted octanol–water partition coefficient (Wildman–Crippen LogP) is 3.84. The Hall–Kier alpha value is -2.34. The van der Waals surface area contributed by atoms with Gasteiger partial charge in [0, 0.05) is 34.8 Å². The summed E-state index contributed by atoms with van der Waals surface area (Å²) < 4.78 is 4.73. The van der Waals surface area contributed by atoms with Crippen LogP contribution in [0.25, 0.3) is 5.69 Å². The molecular weight excluding hydrogens is 356 g/mol. The molecule has 1 amide bonds. The first-order chi connectivity index (χ1) is 11.0. The molecule has 23 heavy (non-hydrogen) atoms. The van der Waals surface area contributed by atoms with E-state index >= 15 is 0 Å². The van der Waals surface area contributed by atoms with Gasteiger partial charge in [-0.05, 0) is 38.1 Å². The number of carbonyl (C=O) groups excluding carboxylic acids is 1. The van der Waals surface area contributed by atoms with E-state index in [0.29, 0.717) is 11.3 Å². The molecule has 0 bridgehead atoms. The summed E-state index contributed by atoms with van der Waals surface area (Å²) in [6, 6.07) is 9.92. The first kappa shape index (κ1) is 15.6. The molecule has 2 heterocycles. The van der Waals surface area contributed by atoms with Crippen LogP contribution in [0.4, 0.5) is 5.69 Å². The molecule has 5 nitrogen and oxygen atoms in total. The lowest BCUT2D eigenvalue weighted by Crippen LogP contribution is -2.12. The summed E-state index contributed by atoms with van der Waals surface area (Å²) in [6.45, 7) is 3.95. The highest BCUT2D eigenvalue weighted by Crippen LogP contribution is 2.23. The molecular formula is C17H17BrN4O. The Morgan fingerprint density at radius 2 is 2.04 bits per heavy atom. The van der Waals surface area contributed by atoms with E-state index in [2.05, 4.69) is 30.9 Å². The molecule has 3 rings (SSSR count). The number of amides is 1. The van der Waals surface area contributed by atoms with Crippen molar-refractivity contribution in [3.8, 4) is 5.69 Å². The number of carbonyl (C=O) groups is 1. The summed E-state index contributed by atoms with van der Waals surface area (Å²) in [6.07, 6.45) is 3.40. The van der Waals surface area contributed by atoms with Crippen LogP contribution in [0, 0.1) is 13.8 Å². The van der Waals surface area contributed by atoms with Crippen LogP contribution in [0.2, 0.25) is 0 Å². The van der Waals surface area contributed by atoms with Crippen molar-refractivity contribution in [3.05, 3.63) is 64.1 Å². The third-order valence-corrected chi connectivity index (χ3v) is 4.20. The van der Waals surface area contributed by atoms with E-state index < -0.39 is 0 Å². The van der Waals surface area contributed by atoms with E-state index in [1.165, 1.54) is 0 Å². The van der Waals surface area contributed by atoms with Gasteiger partial charge in [-0.2, -0.15) is 5.10 Å². The first-order valence-electron chi connectivity index (χ1n) is 7.20. The minimum Gasteiger partial charge on any atom is -0.319 e. The molecule has 1 aromatic carbocycles. The second-order valence-corrected chi connectivity index (χ2v) is 6.37. The summed E-state index contributed by atoms with van der Waals surface area (Å²) in [5.41, 5.74) is 4.28. The average Bonchev–Trinajstić information content (AvgIpc) is 3.02. The smallest absolute Gasteiger partial charge is 0.257 e. The molecule has 1 N–H and O–H groups in total. The maximum atomic E-state index is 12.5. The van der Waals surface area contributed by atoms with Crippen LogP contribution in [0.3, 0.4) is 0 Å². The van der Waals surface area contributed by atoms with Gasteiger partial charge in [0.25, 0.3) is 5.91 Å². The zero-order valence-electron chi connectivity index (χ0n) is 13.2. The molecule has 118 valence electrons. The van der Waals surface area contributed by atoms with Gasteiger partial charge in [-0.1, -0.05) is 22.0 Å². The van der Waals surface area contributed by atoms with Crippen molar-refractivity contribution in [2.45, 2.75) is 13.8 Å². The number of halogens is 1. The molecule has 6 heteroatoms. The van der Waals surface area contributed by atoms with Crippen molar-refractivity contribution in [3.63, 3.8) is 0 Å². The number of hydrogen-bond donors (Lipinski definition) is 1. The monoisotopic (exact) mass is 372 g/mol. The maximum absolute atomic E-state index is 12.5. The highest BCUT2D eigenvalue weighted by atomic mass is 79.9. The van der Waals surface area contributed by atoms with Crippen LogP contribution in [-0.2, 0) is 7.05 Å². The Balaban J connectivity index is 1.95. The number of benzene rings is 1. The lowest BCUT2D eigenvalue weighted by Gasteiger charge is -2.10. The molecule has 0 spiro atoms. The highest BCUT2D eigenvalue weighted by molar-refractivity contribution is 9.10. The lowest BCUT2D eigenvalue weighted by atomic mass is 10.2. The number of aryl methyl sites for hydroxylation is 2. The minimum absolute atomic E-state index is 0.132. The fraction of sp³-hybridized carbons (Fsp3) is 0.176. The number of aromatic nitrogens is 3. The summed E-state index contributed by atoms with van der Waals surface area (Å²) in [7, 11) is 1.81. The molecule has 0 saturated heterocycles. The summed E-state index contributed by atoms with van der Waals surface area (Å²) >= 11 is 3.49. The van der Waals surface area contributed by atoms with Crippen LogP contribution in [-0.4, -0.2) is 20.3 Å². The second kappa shape index (κ2) is 6.04. The first-order valence-corrected chi connectivity index (χ1v) is 8.00. The molecule has 0 atom stereocenters. The van der Waals surface area contributed by atoms with Crippen LogP contribution in [0.15, 0.2) is 47.2 Å². The third-order valence-electron chi connectivity index (χ3n) is 3.70. The van der Waals surface area contributed by atoms with Gasteiger partial charge in [-0.25, -0.2) is 0 Å². The Bertz CT molecular complexity index is 879. The molecule has 2 aromatic heterocycles. The van der Waals surface area contributed by atoms with Gasteiger partial charge in [0.05, 0.1) is 17.4 Å². The Labute approximate surface area is 143 Å². The molecule has 0 fully saturated rings. The quantitative estimate of drug-likeness (QED) is 0.759. The SMILES string of the molecule is Cc1cc(C(=O)Nc2cnn(C)c2)c(C)n1-c1cccc(Br)c1. The van der Waals surface area contributed by atoms with E-state index in [9.17, 15) is 4.79 Å². The number of nitrogens with zero attached hydrogens (tertiary/aromatic N) is 3. The summed E-state index contributed by atoms with van der Waals surface area (Å²) in [5.74, 6) is -0.132. The van der Waals surface area contributed by atoms with E-state index in [1.54, 1.807) is 17.1 Å². The van der Waals surface area contributed by atoms with Gasteiger partial charge in [-0.3, -0.25) is 9.48 Å². The molecule has 0 aliphatic heterocycles. The second-order valence-electron chi connectivity index (χ2n) is 5.46. The Morgan fingerprint density at radius 3 is 2.70 bits per heavy atom. The average molecular weight is 373 g/mol. The van der Waals surface area contributed by atoms with Gasteiger partial charge in [0.1, 0.15) is 0 Å². The minimum atomic E-state index is -0.132. The van der Waals surface area contributed by atoms with Gasteiger partial charge in [-0.15, -0.1) is 0 Å². The normalized spacial score (nSPS) is 10.8. The van der Waals surface area contributed by atoms with Crippen molar-refractivity contribution >= 4 is 27.5 Å². The van der Waals surface area contributed by atoms with Crippen LogP contribution in [0.1, 0.15) is 21.7 Å². The highest BCUT2D eigenvalue weighted by Gasteiger charge is 2.17. The van der Waals surface area contributed by atoms with E-state index in [0.717, 1.165) is 21.5 Å². The molecule has 0 aliphatic carbocycles. The number of hydrogen-bond acceptors (Lipinski definition) is 2. The van der Waals surface area contributed by atoms with Crippen LogP contribution >= 0.6 is 15.9 Å². The van der Waals surface area contributed by atoms with E-state index in [4.69, 9.17) is 0 Å². The van der Waals surface area contributed by atoms with Crippen molar-refractivity contribution in [2.24, 2.45) is 7.05 Å². The Kier molecular flexibility index (Phi) is 4.09. The maximum Gasteiger partial charge on any atom is 0.257 e. The van der Waals surface area contributed by atoms with Crippen molar-refractivity contribution < 1.29 is 4.79 Å². The molecule has 0 aliphatic rings. The van der Waals surface area contributed by atoms with Crippen LogP contribution < -0.4 is 5.32 Å². The largest absolute Gasteiger partial charge is 0.319 e. The van der Waals surface area contributed by atoms with Gasteiger partial charge in [0.15, 0.2) is 0 Å². The number of rotatable bonds is 3. The van der Waals surface area contributed by atoms with Crippen molar-refractivity contribution in [1.29, 1.82) is 0 Å². The topological polar surface area (TPSA) is 51.9 Å². The van der Waals surface area contributed by atoms with Gasteiger partial charge in [0.2, 0.25) is 0 Å². The molecule has 3 aromatic rings. The zero-order chi connectivity index (χ0) is 16.6. The predicted molar refractivity (Wildman–Crippen MR) is 94.1 cm³/mol. The zero-order valence-corrected chi connectivity index (χ0v) is 14.8. The summed E-state index contributed by atoms with van der Waals surface area (Å²) in [5, 5.41) is 6.94. The van der Waals surface area contributed by atoms with Gasteiger partial charge < -0.3 is 9.88 Å². The van der Waals surface area contributed by atoms with Gasteiger partial charge >= 0.3 is 0 Å². The fourth-order valence-electron chi connectivity index (χ4n) is 2.69. The summed E-state index contributed by atoms with van der Waals surface area (Å²) in [4.78, 5) is 12.5. The fourth-order valence-corrected chi connectivity index (χ4v) is 3.08. The number of nitrogens with one attached hydrogen (secondary N) is 1. The third kappa shape index (κ3) is 3.07. The number of anilines is 1. The molecule has 0 radical (unpaired) electrons. The van der Waals surface area contributed by atoms with Crippen molar-refractivity contribution in [1.82, 2.24) is 14.3 Å². The molecule has 0 saturated carbocycles. The van der Waals surface area contributed by atoms with E-state index in [-0.39, 0.29) is 5.91 Å². The Morgan fingerprint density at radius 1 is 1.26 bits per heavy atom. The molecule has 0 unspecified atom stereocenters. The van der Waals surface area contributed by atoms with Crippen LogP contribution in [0.5, 0.6) is 0 Å².